The van der Waals surface area contributed by atoms with Crippen LogP contribution in [0, 0.1) is 0 Å². The van der Waals surface area contributed by atoms with Crippen molar-refractivity contribution in [1.29, 1.82) is 0 Å². The van der Waals surface area contributed by atoms with Crippen molar-refractivity contribution in [2.24, 2.45) is 9.98 Å². The van der Waals surface area contributed by atoms with Crippen molar-refractivity contribution < 1.29 is 9.59 Å². The first-order chi connectivity index (χ1) is 18.4. The normalized spacial score (nSPS) is 12.0. The van der Waals surface area contributed by atoms with Crippen molar-refractivity contribution in [3.05, 3.63) is 107 Å². The largest absolute Gasteiger partial charge is 0.373 e. The highest BCUT2D eigenvalue weighted by Crippen LogP contribution is 2.13. The van der Waals surface area contributed by atoms with Crippen LogP contribution in [0.25, 0.3) is 12.2 Å². The van der Waals surface area contributed by atoms with E-state index in [-0.39, 0.29) is 11.8 Å². The Morgan fingerprint density at radius 2 is 0.921 bits per heavy atom. The summed E-state index contributed by atoms with van der Waals surface area (Å²) in [7, 11) is 7.06. The summed E-state index contributed by atoms with van der Waals surface area (Å²) in [4.78, 5) is 32.9. The van der Waals surface area contributed by atoms with Gasteiger partial charge >= 0.3 is 0 Å². The molecule has 0 radical (unpaired) electrons. The van der Waals surface area contributed by atoms with E-state index in [9.17, 15) is 9.59 Å². The molecule has 0 aliphatic heterocycles. The monoisotopic (exact) mass is 508 g/mol. The molecule has 0 fully saturated rings. The van der Waals surface area contributed by atoms with E-state index in [4.69, 9.17) is 0 Å². The molecule has 0 aliphatic rings. The number of amidine groups is 2. The predicted molar refractivity (Wildman–Crippen MR) is 158 cm³/mol. The first-order valence-electron chi connectivity index (χ1n) is 12.0. The highest BCUT2D eigenvalue weighted by molar-refractivity contribution is 6.04. The fourth-order valence-corrected chi connectivity index (χ4v) is 3.62. The summed E-state index contributed by atoms with van der Waals surface area (Å²) in [5.74, 6) is 1.10. The first kappa shape index (κ1) is 27.6. The van der Waals surface area contributed by atoms with E-state index in [2.05, 4.69) is 31.3 Å². The molecule has 2 amide bonds. The molecule has 0 saturated carbocycles. The Morgan fingerprint density at radius 1 is 0.579 bits per heavy atom. The van der Waals surface area contributed by atoms with Crippen LogP contribution in [0.2, 0.25) is 0 Å². The summed E-state index contributed by atoms with van der Waals surface area (Å²) in [6.45, 7) is 0. The number of amides is 2. The lowest BCUT2D eigenvalue weighted by atomic mass is 10.1. The molecular weight excluding hydrogens is 476 g/mol. The predicted octanol–water partition coefficient (Wildman–Crippen LogP) is 4.18. The van der Waals surface area contributed by atoms with Gasteiger partial charge < -0.3 is 21.3 Å². The van der Waals surface area contributed by atoms with Crippen molar-refractivity contribution >= 4 is 47.0 Å². The molecule has 0 aromatic heterocycles. The number of nitrogens with zero attached hydrogens (tertiary/aromatic N) is 2. The van der Waals surface area contributed by atoms with Crippen LogP contribution < -0.4 is 21.3 Å². The van der Waals surface area contributed by atoms with E-state index < -0.39 is 0 Å². The van der Waals surface area contributed by atoms with Crippen LogP contribution in [-0.4, -0.2) is 51.7 Å². The molecule has 0 saturated heterocycles. The van der Waals surface area contributed by atoms with Crippen LogP contribution in [-0.2, 0) is 9.59 Å². The standard InChI is InChI=1S/C30H32N6O2/c1-31-29(32-2)23-11-15-25(16-12-23)35-27(37)19-9-21-5-7-22(8-6-21)10-20-28(38)36-26-17-13-24(14-18-26)30(33-3)34-4/h5-20H,1-4H3,(H,31,32)(H,33,34)(H,35,37)(H,36,38). The van der Waals surface area contributed by atoms with Gasteiger partial charge in [-0.25, -0.2) is 0 Å². The molecule has 0 heterocycles. The van der Waals surface area contributed by atoms with E-state index in [1.807, 2.05) is 86.9 Å². The summed E-state index contributed by atoms with van der Waals surface area (Å²) in [6, 6.07) is 22.4. The highest BCUT2D eigenvalue weighted by Gasteiger charge is 2.03. The molecule has 0 unspecified atom stereocenters. The number of hydrogen-bond acceptors (Lipinski definition) is 4. The molecule has 8 nitrogen and oxygen atoms in total. The Hall–Kier alpha value is -4.98. The van der Waals surface area contributed by atoms with Gasteiger partial charge in [-0.05, 0) is 71.8 Å². The van der Waals surface area contributed by atoms with Crippen LogP contribution >= 0.6 is 0 Å². The molecule has 0 spiro atoms. The SMILES string of the molecule is CN=C(NC)c1ccc(NC(=O)C=Cc2ccc(C=CC(=O)Nc3ccc(C(=NC)NC)cc3)cc2)cc1. The minimum absolute atomic E-state index is 0.228. The fraction of sp³-hybridized carbons (Fsp3) is 0.133. The van der Waals surface area contributed by atoms with Crippen molar-refractivity contribution in [1.82, 2.24) is 10.6 Å². The number of aliphatic imine (C=N–C) groups is 2. The Bertz CT molecular complexity index is 1250. The summed E-state index contributed by atoms with van der Waals surface area (Å²) < 4.78 is 0. The van der Waals surface area contributed by atoms with Gasteiger partial charge in [0, 0.05) is 62.8 Å². The fourth-order valence-electron chi connectivity index (χ4n) is 3.62. The zero-order valence-corrected chi connectivity index (χ0v) is 21.9. The second-order valence-corrected chi connectivity index (χ2v) is 8.11. The second-order valence-electron chi connectivity index (χ2n) is 8.11. The molecule has 4 N–H and O–H groups in total. The highest BCUT2D eigenvalue weighted by atomic mass is 16.2. The van der Waals surface area contributed by atoms with E-state index in [1.165, 1.54) is 12.2 Å². The topological polar surface area (TPSA) is 107 Å². The maximum Gasteiger partial charge on any atom is 0.248 e. The van der Waals surface area contributed by atoms with E-state index in [1.54, 1.807) is 26.2 Å². The number of anilines is 2. The summed E-state index contributed by atoms with van der Waals surface area (Å²) in [5, 5.41) is 11.7. The lowest BCUT2D eigenvalue weighted by Gasteiger charge is -2.07. The lowest BCUT2D eigenvalue weighted by molar-refractivity contribution is -0.112. The van der Waals surface area contributed by atoms with E-state index >= 15 is 0 Å². The molecule has 3 aromatic rings. The molecule has 0 atom stereocenters. The van der Waals surface area contributed by atoms with Gasteiger partial charge in [0.15, 0.2) is 0 Å². The quantitative estimate of drug-likeness (QED) is 0.208. The van der Waals surface area contributed by atoms with Crippen LogP contribution in [0.4, 0.5) is 11.4 Å². The minimum Gasteiger partial charge on any atom is -0.373 e. The van der Waals surface area contributed by atoms with Gasteiger partial charge in [0.05, 0.1) is 0 Å². The molecule has 8 heteroatoms. The zero-order valence-electron chi connectivity index (χ0n) is 21.9. The van der Waals surface area contributed by atoms with Crippen molar-refractivity contribution in [2.75, 3.05) is 38.8 Å². The Labute approximate surface area is 223 Å². The average molecular weight is 509 g/mol. The first-order valence-corrected chi connectivity index (χ1v) is 12.0. The van der Waals surface area contributed by atoms with Gasteiger partial charge in [-0.3, -0.25) is 19.6 Å². The second kappa shape index (κ2) is 13.9. The van der Waals surface area contributed by atoms with Crippen LogP contribution in [0.3, 0.4) is 0 Å². The lowest BCUT2D eigenvalue weighted by Crippen LogP contribution is -2.19. The molecule has 0 bridgehead atoms. The van der Waals surface area contributed by atoms with Gasteiger partial charge in [-0.15, -0.1) is 0 Å². The molecule has 3 aromatic carbocycles. The van der Waals surface area contributed by atoms with Crippen LogP contribution in [0.15, 0.2) is 94.9 Å². The number of nitrogens with one attached hydrogen (secondary N) is 4. The zero-order chi connectivity index (χ0) is 27.3. The molecule has 194 valence electrons. The van der Waals surface area contributed by atoms with Crippen LogP contribution in [0.5, 0.6) is 0 Å². The molecular formula is C30H32N6O2. The number of carbonyl (C=O) groups is 2. The summed E-state index contributed by atoms with van der Waals surface area (Å²) >= 11 is 0. The van der Waals surface area contributed by atoms with Crippen molar-refractivity contribution in [3.63, 3.8) is 0 Å². The number of carbonyl (C=O) groups excluding carboxylic acids is 2. The maximum atomic E-state index is 12.3. The summed E-state index contributed by atoms with van der Waals surface area (Å²) in [6.07, 6.45) is 6.43. The Kier molecular flexibility index (Phi) is 10.1. The number of rotatable bonds is 8. The number of hydrogen-bond donors (Lipinski definition) is 4. The van der Waals surface area contributed by atoms with Crippen LogP contribution in [0.1, 0.15) is 22.3 Å². The summed E-state index contributed by atoms with van der Waals surface area (Å²) in [5.41, 5.74) is 5.01. The van der Waals surface area contributed by atoms with Gasteiger partial charge in [0.25, 0.3) is 0 Å². The van der Waals surface area contributed by atoms with Gasteiger partial charge in [-0.2, -0.15) is 0 Å². The number of benzene rings is 3. The maximum absolute atomic E-state index is 12.3. The van der Waals surface area contributed by atoms with E-state index in [0.29, 0.717) is 11.4 Å². The minimum atomic E-state index is -0.228. The van der Waals surface area contributed by atoms with E-state index in [0.717, 1.165) is 33.9 Å². The van der Waals surface area contributed by atoms with Gasteiger partial charge in [0.2, 0.25) is 11.8 Å². The molecule has 38 heavy (non-hydrogen) atoms. The average Bonchev–Trinajstić information content (AvgIpc) is 2.94. The van der Waals surface area contributed by atoms with Crippen molar-refractivity contribution in [2.45, 2.75) is 0 Å². The van der Waals surface area contributed by atoms with Gasteiger partial charge in [0.1, 0.15) is 11.7 Å². The Balaban J connectivity index is 1.51. The third-order valence-electron chi connectivity index (χ3n) is 5.56. The van der Waals surface area contributed by atoms with Crippen molar-refractivity contribution in [3.8, 4) is 0 Å². The molecule has 0 aliphatic carbocycles. The smallest absolute Gasteiger partial charge is 0.248 e. The van der Waals surface area contributed by atoms with Gasteiger partial charge in [-0.1, -0.05) is 24.3 Å². The third kappa shape index (κ3) is 8.03. The Morgan fingerprint density at radius 3 is 1.21 bits per heavy atom. The third-order valence-corrected chi connectivity index (χ3v) is 5.56. The molecule has 3 rings (SSSR count).